The van der Waals surface area contributed by atoms with Gasteiger partial charge in [-0.3, -0.25) is 14.2 Å². The maximum absolute atomic E-state index is 13.4. The van der Waals surface area contributed by atoms with E-state index < -0.39 is 0 Å². The summed E-state index contributed by atoms with van der Waals surface area (Å²) < 4.78 is 13.1. The zero-order valence-corrected chi connectivity index (χ0v) is 19.5. The van der Waals surface area contributed by atoms with Crippen LogP contribution in [0, 0.1) is 6.92 Å². The Morgan fingerprint density at radius 1 is 1.30 bits per heavy atom. The first kappa shape index (κ1) is 22.0. The van der Waals surface area contributed by atoms with Crippen LogP contribution in [0.5, 0.6) is 0 Å². The van der Waals surface area contributed by atoms with E-state index >= 15 is 0 Å². The van der Waals surface area contributed by atoms with Crippen LogP contribution in [0.2, 0.25) is 5.02 Å². The summed E-state index contributed by atoms with van der Waals surface area (Å²) in [4.78, 5) is 30.7. The lowest BCUT2D eigenvalue weighted by Crippen LogP contribution is -2.29. The van der Waals surface area contributed by atoms with Gasteiger partial charge in [0.1, 0.15) is 11.1 Å². The van der Waals surface area contributed by atoms with Gasteiger partial charge in [-0.15, -0.1) is 0 Å². The van der Waals surface area contributed by atoms with Crippen LogP contribution in [0.25, 0.3) is 22.1 Å². The predicted molar refractivity (Wildman–Crippen MR) is 130 cm³/mol. The maximum atomic E-state index is 13.4. The summed E-state index contributed by atoms with van der Waals surface area (Å²) in [5.74, 6) is -0.125. The fourth-order valence-corrected chi connectivity index (χ4v) is 4.90. The van der Waals surface area contributed by atoms with Crippen molar-refractivity contribution in [3.63, 3.8) is 0 Å². The number of anilines is 1. The molecule has 0 aliphatic carbocycles. The fourth-order valence-electron chi connectivity index (χ4n) is 3.91. The Morgan fingerprint density at radius 2 is 2.15 bits per heavy atom. The van der Waals surface area contributed by atoms with Crippen molar-refractivity contribution in [1.29, 1.82) is 0 Å². The van der Waals surface area contributed by atoms with Gasteiger partial charge in [-0.25, -0.2) is 4.98 Å². The molecule has 1 saturated heterocycles. The third-order valence-electron chi connectivity index (χ3n) is 5.65. The monoisotopic (exact) mass is 483 g/mol. The molecule has 170 valence electrons. The quantitative estimate of drug-likeness (QED) is 0.306. The second kappa shape index (κ2) is 9.21. The number of nitrogens with one attached hydrogen (secondary N) is 1. The number of aromatic nitrogens is 2. The normalized spacial score (nSPS) is 16.0. The number of rotatable bonds is 6. The van der Waals surface area contributed by atoms with E-state index in [-0.39, 0.29) is 28.9 Å². The lowest BCUT2D eigenvalue weighted by atomic mass is 10.2. The van der Waals surface area contributed by atoms with Crippen LogP contribution in [-0.2, 0) is 16.1 Å². The predicted octanol–water partition coefficient (Wildman–Crippen LogP) is 5.01. The minimum Gasteiger partial charge on any atom is -0.448 e. The first-order valence-electron chi connectivity index (χ1n) is 10.7. The molecule has 9 heteroatoms. The standard InChI is InChI=1S/C24H22ClN3O4S/c1-14-8-9-15(11-18(14)25)26-20(29)13-33-24-27-21-17-6-2-3-7-19(17)32-22(21)23(30)28(24)12-16-5-4-10-31-16/h2-3,6-9,11,16H,4-5,10,12-13H2,1H3,(H,26,29). The molecule has 1 atom stereocenters. The van der Waals surface area contributed by atoms with Crippen molar-refractivity contribution in [2.75, 3.05) is 17.7 Å². The van der Waals surface area contributed by atoms with Crippen molar-refractivity contribution < 1.29 is 13.9 Å². The van der Waals surface area contributed by atoms with E-state index in [1.807, 2.05) is 37.3 Å². The van der Waals surface area contributed by atoms with Crippen LogP contribution in [0.1, 0.15) is 18.4 Å². The molecule has 1 amide bonds. The zero-order chi connectivity index (χ0) is 22.9. The van der Waals surface area contributed by atoms with Gasteiger partial charge in [0, 0.05) is 22.7 Å². The number of ether oxygens (including phenoxy) is 1. The van der Waals surface area contributed by atoms with Crippen LogP contribution in [0.3, 0.4) is 0 Å². The topological polar surface area (TPSA) is 86.4 Å². The minimum atomic E-state index is -0.264. The van der Waals surface area contributed by atoms with E-state index in [9.17, 15) is 9.59 Å². The number of carbonyl (C=O) groups is 1. The average Bonchev–Trinajstić information content (AvgIpc) is 3.45. The molecule has 1 N–H and O–H groups in total. The molecule has 1 fully saturated rings. The number of hydrogen-bond acceptors (Lipinski definition) is 6. The Bertz CT molecular complexity index is 1410. The fraction of sp³-hybridized carbons (Fsp3) is 0.292. The van der Waals surface area contributed by atoms with Gasteiger partial charge in [-0.1, -0.05) is 41.6 Å². The summed E-state index contributed by atoms with van der Waals surface area (Å²) in [6, 6.07) is 12.8. The largest absolute Gasteiger partial charge is 0.448 e. The molecule has 4 aromatic rings. The zero-order valence-electron chi connectivity index (χ0n) is 18.0. The van der Waals surface area contributed by atoms with Crippen molar-refractivity contribution >= 4 is 57.0 Å². The number of amides is 1. The molecule has 33 heavy (non-hydrogen) atoms. The Kier molecular flexibility index (Phi) is 6.14. The Hall–Kier alpha value is -2.81. The van der Waals surface area contributed by atoms with E-state index in [1.54, 1.807) is 16.7 Å². The molecule has 0 spiro atoms. The highest BCUT2D eigenvalue weighted by atomic mass is 35.5. The van der Waals surface area contributed by atoms with E-state index in [1.165, 1.54) is 11.8 Å². The Labute approximate surface area is 199 Å². The van der Waals surface area contributed by atoms with Crippen molar-refractivity contribution in [1.82, 2.24) is 9.55 Å². The first-order valence-corrected chi connectivity index (χ1v) is 12.1. The number of furan rings is 1. The van der Waals surface area contributed by atoms with Gasteiger partial charge in [0.15, 0.2) is 5.16 Å². The second-order valence-electron chi connectivity index (χ2n) is 8.02. The summed E-state index contributed by atoms with van der Waals surface area (Å²) in [5.41, 5.74) is 2.63. The summed E-state index contributed by atoms with van der Waals surface area (Å²) in [7, 11) is 0. The summed E-state index contributed by atoms with van der Waals surface area (Å²) in [6.07, 6.45) is 1.78. The third kappa shape index (κ3) is 4.51. The SMILES string of the molecule is Cc1ccc(NC(=O)CSc2nc3c(oc4ccccc43)c(=O)n2CC2CCCO2)cc1Cl. The van der Waals surface area contributed by atoms with Gasteiger partial charge in [-0.05, 0) is 49.6 Å². The number of carbonyl (C=O) groups excluding carboxylic acids is 1. The summed E-state index contributed by atoms with van der Waals surface area (Å²) >= 11 is 7.37. The molecule has 3 heterocycles. The maximum Gasteiger partial charge on any atom is 0.297 e. The molecule has 1 aliphatic heterocycles. The van der Waals surface area contributed by atoms with Gasteiger partial charge >= 0.3 is 0 Å². The molecule has 1 unspecified atom stereocenters. The van der Waals surface area contributed by atoms with Crippen LogP contribution < -0.4 is 10.9 Å². The highest BCUT2D eigenvalue weighted by Gasteiger charge is 2.23. The lowest BCUT2D eigenvalue weighted by molar-refractivity contribution is -0.113. The first-order chi connectivity index (χ1) is 16.0. The van der Waals surface area contributed by atoms with Gasteiger partial charge in [0.2, 0.25) is 11.5 Å². The number of aryl methyl sites for hydroxylation is 1. The van der Waals surface area contributed by atoms with Gasteiger partial charge in [-0.2, -0.15) is 0 Å². The second-order valence-corrected chi connectivity index (χ2v) is 9.37. The highest BCUT2D eigenvalue weighted by Crippen LogP contribution is 2.28. The third-order valence-corrected chi connectivity index (χ3v) is 7.03. The summed E-state index contributed by atoms with van der Waals surface area (Å²) in [5, 5.41) is 4.67. The van der Waals surface area contributed by atoms with Gasteiger partial charge in [0.25, 0.3) is 5.56 Å². The van der Waals surface area contributed by atoms with Crippen molar-refractivity contribution in [2.45, 2.75) is 37.6 Å². The molecule has 7 nitrogen and oxygen atoms in total. The molecule has 0 bridgehead atoms. The molecule has 5 rings (SSSR count). The molecule has 2 aromatic heterocycles. The minimum absolute atomic E-state index is 0.0609. The highest BCUT2D eigenvalue weighted by molar-refractivity contribution is 7.99. The molecule has 1 aliphatic rings. The molecule has 2 aromatic carbocycles. The van der Waals surface area contributed by atoms with E-state index in [0.29, 0.717) is 40.1 Å². The Balaban J connectivity index is 1.45. The smallest absolute Gasteiger partial charge is 0.297 e. The van der Waals surface area contributed by atoms with Gasteiger partial charge in [0.05, 0.1) is 18.4 Å². The number of benzene rings is 2. The molecule has 0 radical (unpaired) electrons. The molecular weight excluding hydrogens is 462 g/mol. The van der Waals surface area contributed by atoms with Gasteiger partial charge < -0.3 is 14.5 Å². The van der Waals surface area contributed by atoms with E-state index in [0.717, 1.165) is 23.8 Å². The van der Waals surface area contributed by atoms with Crippen molar-refractivity contribution in [3.8, 4) is 0 Å². The van der Waals surface area contributed by atoms with Crippen LogP contribution in [0.15, 0.2) is 56.8 Å². The average molecular weight is 484 g/mol. The van der Waals surface area contributed by atoms with Crippen LogP contribution >= 0.6 is 23.4 Å². The van der Waals surface area contributed by atoms with Crippen LogP contribution in [-0.4, -0.2) is 33.9 Å². The number of halogens is 1. The number of thioether (sulfide) groups is 1. The molecular formula is C24H22ClN3O4S. The van der Waals surface area contributed by atoms with Crippen molar-refractivity contribution in [2.24, 2.45) is 0 Å². The van der Waals surface area contributed by atoms with E-state index in [2.05, 4.69) is 5.32 Å². The lowest BCUT2D eigenvalue weighted by Gasteiger charge is -2.15. The van der Waals surface area contributed by atoms with Crippen molar-refractivity contribution in [3.05, 3.63) is 63.4 Å². The van der Waals surface area contributed by atoms with E-state index in [4.69, 9.17) is 25.7 Å². The van der Waals surface area contributed by atoms with Crippen LogP contribution in [0.4, 0.5) is 5.69 Å². The number of para-hydroxylation sites is 1. The number of fused-ring (bicyclic) bond motifs is 3. The molecule has 0 saturated carbocycles. The number of nitrogens with zero attached hydrogens (tertiary/aromatic N) is 2. The summed E-state index contributed by atoms with van der Waals surface area (Å²) in [6.45, 7) is 2.96. The number of hydrogen-bond donors (Lipinski definition) is 1. The Morgan fingerprint density at radius 3 is 2.94 bits per heavy atom.